The number of carbonyl (C=O) groups excluding carboxylic acids is 1. The van der Waals surface area contributed by atoms with Gasteiger partial charge in [-0.25, -0.2) is 4.68 Å². The lowest BCUT2D eigenvalue weighted by molar-refractivity contribution is -0.118. The van der Waals surface area contributed by atoms with E-state index in [0.29, 0.717) is 35.4 Å². The first-order chi connectivity index (χ1) is 15.7. The number of thioether (sulfide) groups is 1. The van der Waals surface area contributed by atoms with Gasteiger partial charge in [0.25, 0.3) is 0 Å². The van der Waals surface area contributed by atoms with Gasteiger partial charge in [-0.2, -0.15) is 0 Å². The van der Waals surface area contributed by atoms with Gasteiger partial charge < -0.3 is 20.6 Å². The third-order valence-corrected chi connectivity index (χ3v) is 6.13. The molecule has 0 bridgehead atoms. The Kier molecular flexibility index (Phi) is 7.86. The molecule has 1 heterocycles. The second-order valence-corrected chi connectivity index (χ2v) is 9.52. The predicted molar refractivity (Wildman–Crippen MR) is 131 cm³/mol. The van der Waals surface area contributed by atoms with Crippen LogP contribution in [0.1, 0.15) is 31.9 Å². The van der Waals surface area contributed by atoms with Gasteiger partial charge in [-0.05, 0) is 35.1 Å². The number of amides is 1. The van der Waals surface area contributed by atoms with Crippen molar-refractivity contribution < 1.29 is 14.3 Å². The van der Waals surface area contributed by atoms with Gasteiger partial charge in [-0.3, -0.25) is 4.79 Å². The molecule has 1 aromatic heterocycles. The van der Waals surface area contributed by atoms with Crippen LogP contribution in [0.15, 0.2) is 47.6 Å². The van der Waals surface area contributed by atoms with Crippen LogP contribution in [0, 0.1) is 0 Å². The number of hydrogen-bond donors (Lipinski definition) is 2. The summed E-state index contributed by atoms with van der Waals surface area (Å²) in [5, 5.41) is 11.7. The van der Waals surface area contributed by atoms with Crippen molar-refractivity contribution in [3.8, 4) is 22.9 Å². The van der Waals surface area contributed by atoms with Crippen molar-refractivity contribution in [2.75, 3.05) is 32.4 Å². The average Bonchev–Trinajstić information content (AvgIpc) is 3.17. The van der Waals surface area contributed by atoms with Crippen molar-refractivity contribution in [1.29, 1.82) is 0 Å². The molecule has 0 aliphatic rings. The predicted octanol–water partition coefficient (Wildman–Crippen LogP) is 3.42. The number of ether oxygens (including phenoxy) is 2. The lowest BCUT2D eigenvalue weighted by Crippen LogP contribution is -2.27. The minimum absolute atomic E-state index is 0.0722. The largest absolute Gasteiger partial charge is 0.493 e. The Bertz CT molecular complexity index is 1090. The van der Waals surface area contributed by atoms with E-state index in [0.717, 1.165) is 11.1 Å². The second kappa shape index (κ2) is 10.6. The highest BCUT2D eigenvalue weighted by atomic mass is 32.2. The summed E-state index contributed by atoms with van der Waals surface area (Å²) in [7, 11) is 3.20. The molecule has 0 fully saturated rings. The molecule has 8 nitrogen and oxygen atoms in total. The molecule has 176 valence electrons. The highest BCUT2D eigenvalue weighted by Crippen LogP contribution is 2.28. The molecular formula is C24H31N5O3S. The van der Waals surface area contributed by atoms with Crippen LogP contribution in [-0.2, 0) is 16.6 Å². The van der Waals surface area contributed by atoms with Gasteiger partial charge in [0.05, 0.1) is 20.0 Å². The SMILES string of the molecule is COc1ccc(CCNC(=O)CSc2nnc(-c3ccc(C(C)(C)C)cc3)n2N)cc1OC. The number of nitrogens with zero attached hydrogens (tertiary/aromatic N) is 3. The number of nitrogens with one attached hydrogen (secondary N) is 1. The molecular weight excluding hydrogens is 438 g/mol. The molecule has 1 amide bonds. The lowest BCUT2D eigenvalue weighted by Gasteiger charge is -2.19. The van der Waals surface area contributed by atoms with Crippen molar-refractivity contribution in [2.45, 2.75) is 37.8 Å². The van der Waals surface area contributed by atoms with E-state index < -0.39 is 0 Å². The molecule has 3 N–H and O–H groups in total. The number of nitrogen functional groups attached to an aromatic ring is 1. The molecule has 0 unspecified atom stereocenters. The zero-order valence-corrected chi connectivity index (χ0v) is 20.5. The van der Waals surface area contributed by atoms with Crippen molar-refractivity contribution in [3.63, 3.8) is 0 Å². The minimum Gasteiger partial charge on any atom is -0.493 e. The van der Waals surface area contributed by atoms with Gasteiger partial charge in [0, 0.05) is 12.1 Å². The fourth-order valence-corrected chi connectivity index (χ4v) is 3.94. The smallest absolute Gasteiger partial charge is 0.230 e. The van der Waals surface area contributed by atoms with Crippen LogP contribution in [0.4, 0.5) is 0 Å². The highest BCUT2D eigenvalue weighted by molar-refractivity contribution is 7.99. The number of rotatable bonds is 9. The maximum Gasteiger partial charge on any atom is 0.230 e. The average molecular weight is 470 g/mol. The number of benzene rings is 2. The maximum absolute atomic E-state index is 12.3. The highest BCUT2D eigenvalue weighted by Gasteiger charge is 2.16. The summed E-state index contributed by atoms with van der Waals surface area (Å²) in [6, 6.07) is 13.8. The van der Waals surface area contributed by atoms with Gasteiger partial charge in [-0.1, -0.05) is 62.9 Å². The van der Waals surface area contributed by atoms with Crippen LogP contribution in [-0.4, -0.2) is 47.3 Å². The molecule has 0 atom stereocenters. The molecule has 0 saturated heterocycles. The molecule has 0 aliphatic carbocycles. The summed E-state index contributed by atoms with van der Waals surface area (Å²) < 4.78 is 12.0. The van der Waals surface area contributed by atoms with Crippen molar-refractivity contribution in [2.24, 2.45) is 0 Å². The van der Waals surface area contributed by atoms with E-state index in [2.05, 4.69) is 48.4 Å². The van der Waals surface area contributed by atoms with Crippen molar-refractivity contribution in [1.82, 2.24) is 20.2 Å². The summed E-state index contributed by atoms with van der Waals surface area (Å²) in [5.74, 6) is 8.20. The Morgan fingerprint density at radius 1 is 1.06 bits per heavy atom. The fourth-order valence-electron chi connectivity index (χ4n) is 3.26. The Morgan fingerprint density at radius 3 is 2.39 bits per heavy atom. The van der Waals surface area contributed by atoms with Gasteiger partial charge in [-0.15, -0.1) is 10.2 Å². The molecule has 3 rings (SSSR count). The number of methoxy groups -OCH3 is 2. The van der Waals surface area contributed by atoms with E-state index >= 15 is 0 Å². The van der Waals surface area contributed by atoms with E-state index in [1.54, 1.807) is 14.2 Å². The van der Waals surface area contributed by atoms with Crippen molar-refractivity contribution in [3.05, 3.63) is 53.6 Å². The van der Waals surface area contributed by atoms with Crippen molar-refractivity contribution >= 4 is 17.7 Å². The standard InChI is InChI=1S/C24H31N5O3S/c1-24(2,3)18-9-7-17(8-10-18)22-27-28-23(29(22)25)33-15-21(30)26-13-12-16-6-11-19(31-4)20(14-16)32-5/h6-11,14H,12-13,15,25H2,1-5H3,(H,26,30). The second-order valence-electron chi connectivity index (χ2n) is 8.58. The zero-order chi connectivity index (χ0) is 24.0. The van der Waals surface area contributed by atoms with Crippen LogP contribution in [0.25, 0.3) is 11.4 Å². The van der Waals surface area contributed by atoms with E-state index in [4.69, 9.17) is 15.3 Å². The van der Waals surface area contributed by atoms with Gasteiger partial charge in [0.15, 0.2) is 17.3 Å². The number of carbonyl (C=O) groups is 1. The van der Waals surface area contributed by atoms with Gasteiger partial charge >= 0.3 is 0 Å². The monoisotopic (exact) mass is 469 g/mol. The first kappa shape index (κ1) is 24.4. The summed E-state index contributed by atoms with van der Waals surface area (Å²) >= 11 is 1.25. The Morgan fingerprint density at radius 2 is 1.76 bits per heavy atom. The van der Waals surface area contributed by atoms with E-state index in [1.807, 2.05) is 30.3 Å². The quantitative estimate of drug-likeness (QED) is 0.365. The molecule has 3 aromatic rings. The maximum atomic E-state index is 12.3. The van der Waals surface area contributed by atoms with Gasteiger partial charge in [0.2, 0.25) is 11.1 Å². The Balaban J connectivity index is 1.51. The number of aromatic nitrogens is 3. The van der Waals surface area contributed by atoms with E-state index in [1.165, 1.54) is 22.0 Å². The first-order valence-corrected chi connectivity index (χ1v) is 11.6. The summed E-state index contributed by atoms with van der Waals surface area (Å²) in [6.45, 7) is 7.01. The Hall–Kier alpha value is -3.20. The molecule has 9 heteroatoms. The molecule has 0 saturated carbocycles. The molecule has 0 spiro atoms. The third kappa shape index (κ3) is 6.19. The van der Waals surface area contributed by atoms with E-state index in [-0.39, 0.29) is 17.1 Å². The van der Waals surface area contributed by atoms with Gasteiger partial charge in [0.1, 0.15) is 0 Å². The summed E-state index contributed by atoms with van der Waals surface area (Å²) in [5.41, 5.74) is 3.23. The van der Waals surface area contributed by atoms with Crippen LogP contribution in [0.5, 0.6) is 11.5 Å². The molecule has 2 aromatic carbocycles. The number of hydrogen-bond acceptors (Lipinski definition) is 7. The van der Waals surface area contributed by atoms with Crippen LogP contribution >= 0.6 is 11.8 Å². The Labute approximate surface area is 198 Å². The number of nitrogens with two attached hydrogens (primary N) is 1. The zero-order valence-electron chi connectivity index (χ0n) is 19.7. The molecule has 33 heavy (non-hydrogen) atoms. The summed E-state index contributed by atoms with van der Waals surface area (Å²) in [6.07, 6.45) is 0.679. The lowest BCUT2D eigenvalue weighted by atomic mass is 9.87. The first-order valence-electron chi connectivity index (χ1n) is 10.6. The van der Waals surface area contributed by atoms with Crippen LogP contribution in [0.2, 0.25) is 0 Å². The van der Waals surface area contributed by atoms with E-state index in [9.17, 15) is 4.79 Å². The topological polar surface area (TPSA) is 104 Å². The fraction of sp³-hybridized carbons (Fsp3) is 0.375. The summed E-state index contributed by atoms with van der Waals surface area (Å²) in [4.78, 5) is 12.3. The third-order valence-electron chi connectivity index (χ3n) is 5.19. The molecule has 0 radical (unpaired) electrons. The van der Waals surface area contributed by atoms with Crippen LogP contribution in [0.3, 0.4) is 0 Å². The van der Waals surface area contributed by atoms with Crippen LogP contribution < -0.4 is 20.6 Å². The minimum atomic E-state index is -0.0976. The normalized spacial score (nSPS) is 11.3. The molecule has 0 aliphatic heterocycles.